The van der Waals surface area contributed by atoms with E-state index in [1.807, 2.05) is 18.1 Å². The third-order valence-electron chi connectivity index (χ3n) is 5.25. The summed E-state index contributed by atoms with van der Waals surface area (Å²) < 4.78 is 40.5. The Hall–Kier alpha value is -2.93. The van der Waals surface area contributed by atoms with E-state index in [0.717, 1.165) is 30.2 Å². The van der Waals surface area contributed by atoms with Crippen LogP contribution in [0.5, 0.6) is 5.75 Å². The lowest BCUT2D eigenvalue weighted by atomic mass is 10.2. The number of piperazine rings is 1. The number of amides is 2. The molecule has 2 amide bonds. The summed E-state index contributed by atoms with van der Waals surface area (Å²) in [6.07, 6.45) is -2.11. The monoisotopic (exact) mass is 502 g/mol. The largest absolute Gasteiger partial charge is 0.506 e. The van der Waals surface area contributed by atoms with Gasteiger partial charge in [-0.3, -0.25) is 9.59 Å². The molecule has 0 aliphatic carbocycles. The number of phenols is 1. The highest BCUT2D eigenvalue weighted by molar-refractivity contribution is 7.96. The molecule has 1 saturated heterocycles. The Labute approximate surface area is 200 Å². The summed E-state index contributed by atoms with van der Waals surface area (Å²) >= 11 is 1.63. The van der Waals surface area contributed by atoms with E-state index in [0.29, 0.717) is 37.0 Å². The number of rotatable bonds is 9. The summed E-state index contributed by atoms with van der Waals surface area (Å²) in [5.41, 5.74) is -0.216. The average Bonchev–Trinajstić information content (AvgIpc) is 2.81. The van der Waals surface area contributed by atoms with Crippen molar-refractivity contribution in [1.82, 2.24) is 19.5 Å². The van der Waals surface area contributed by atoms with Gasteiger partial charge < -0.3 is 20.6 Å². The van der Waals surface area contributed by atoms with Crippen molar-refractivity contribution in [1.29, 1.82) is 0 Å². The van der Waals surface area contributed by atoms with Crippen molar-refractivity contribution in [2.75, 3.05) is 51.3 Å². The van der Waals surface area contributed by atoms with E-state index in [2.05, 4.69) is 26.8 Å². The molecule has 0 aromatic heterocycles. The Bertz CT molecular complexity index is 927. The number of phenolic OH excluding ortho intramolecular Hbond substituents is 1. The molecule has 1 aliphatic heterocycles. The van der Waals surface area contributed by atoms with Crippen LogP contribution < -0.4 is 10.6 Å². The molecule has 0 atom stereocenters. The maximum Gasteiger partial charge on any atom is 0.416 e. The molecular formula is C21H29F3N6O3S. The van der Waals surface area contributed by atoms with Crippen molar-refractivity contribution in [3.8, 4) is 5.75 Å². The first-order chi connectivity index (χ1) is 16.0. The number of hydrogen-bond acceptors (Lipinski definition) is 8. The van der Waals surface area contributed by atoms with Crippen molar-refractivity contribution in [2.24, 2.45) is 5.10 Å². The van der Waals surface area contributed by atoms with E-state index in [4.69, 9.17) is 0 Å². The van der Waals surface area contributed by atoms with Gasteiger partial charge in [0.25, 0.3) is 5.91 Å². The molecule has 0 radical (unpaired) electrons. The minimum atomic E-state index is -4.63. The number of aromatic hydroxyl groups is 1. The Morgan fingerprint density at radius 3 is 2.38 bits per heavy atom. The number of carbonyl (C=O) groups excluding carboxylic acids is 2. The molecule has 2 rings (SSSR count). The molecule has 0 spiro atoms. The van der Waals surface area contributed by atoms with Crippen LogP contribution in [0, 0.1) is 0 Å². The highest BCUT2D eigenvalue weighted by Gasteiger charge is 2.32. The van der Waals surface area contributed by atoms with Gasteiger partial charge in [0.1, 0.15) is 18.0 Å². The molecule has 34 heavy (non-hydrogen) atoms. The van der Waals surface area contributed by atoms with Crippen LogP contribution >= 0.6 is 11.9 Å². The summed E-state index contributed by atoms with van der Waals surface area (Å²) in [6, 6.07) is 2.19. The van der Waals surface area contributed by atoms with Crippen molar-refractivity contribution < 1.29 is 27.9 Å². The number of hydrazone groups is 1. The van der Waals surface area contributed by atoms with Crippen molar-refractivity contribution in [2.45, 2.75) is 19.5 Å². The van der Waals surface area contributed by atoms with Gasteiger partial charge in [-0.25, -0.2) is 9.31 Å². The summed E-state index contributed by atoms with van der Waals surface area (Å²) in [7, 11) is 1.70. The third kappa shape index (κ3) is 6.79. The molecule has 9 nitrogen and oxygen atoms in total. The van der Waals surface area contributed by atoms with Crippen LogP contribution in [0.4, 0.5) is 18.9 Å². The molecule has 1 fully saturated rings. The smallest absolute Gasteiger partial charge is 0.416 e. The van der Waals surface area contributed by atoms with Crippen LogP contribution in [-0.2, 0) is 15.8 Å². The number of carbonyl (C=O) groups is 2. The second-order valence-electron chi connectivity index (χ2n) is 7.31. The standard InChI is InChI=1S/C21H29F3N6O3S/c1-5-15(25-2)19(28-8-10-29(34-4)11-9-28)20(33)30(26-3)13-18(32)27-16-7-6-14(12-17(16)31)21(22,23)24/h6-7,12,25,31H,3,5,8-11,13H2,1-2,4H3,(H,27,32)/b19-15+. The summed E-state index contributed by atoms with van der Waals surface area (Å²) in [4.78, 5) is 27.8. The van der Waals surface area contributed by atoms with E-state index in [1.54, 1.807) is 19.0 Å². The highest BCUT2D eigenvalue weighted by atomic mass is 32.2. The fraction of sp³-hybridized carbons (Fsp3) is 0.476. The van der Waals surface area contributed by atoms with Gasteiger partial charge in [0.15, 0.2) is 0 Å². The third-order valence-corrected chi connectivity index (χ3v) is 6.14. The molecule has 1 aromatic carbocycles. The molecular weight excluding hydrogens is 473 g/mol. The zero-order valence-corrected chi connectivity index (χ0v) is 20.1. The Morgan fingerprint density at radius 2 is 1.91 bits per heavy atom. The minimum absolute atomic E-state index is 0.220. The number of alkyl halides is 3. The van der Waals surface area contributed by atoms with Crippen LogP contribution in [0.1, 0.15) is 18.9 Å². The summed E-state index contributed by atoms with van der Waals surface area (Å²) in [5.74, 6) is -2.04. The number of benzene rings is 1. The number of halogens is 3. The Morgan fingerprint density at radius 1 is 1.26 bits per heavy atom. The van der Waals surface area contributed by atoms with Gasteiger partial charge in [-0.1, -0.05) is 18.9 Å². The predicted molar refractivity (Wildman–Crippen MR) is 126 cm³/mol. The fourth-order valence-electron chi connectivity index (χ4n) is 3.46. The quantitative estimate of drug-likeness (QED) is 0.157. The second kappa shape index (κ2) is 12.0. The Balaban J connectivity index is 2.18. The topological polar surface area (TPSA) is 101 Å². The van der Waals surface area contributed by atoms with Gasteiger partial charge in [0.2, 0.25) is 5.91 Å². The van der Waals surface area contributed by atoms with E-state index >= 15 is 0 Å². The molecule has 1 aromatic rings. The van der Waals surface area contributed by atoms with Crippen LogP contribution in [0.25, 0.3) is 0 Å². The molecule has 0 unspecified atom stereocenters. The van der Waals surface area contributed by atoms with E-state index in [9.17, 15) is 27.9 Å². The second-order valence-corrected chi connectivity index (χ2v) is 8.19. The van der Waals surface area contributed by atoms with Crippen LogP contribution in [0.15, 0.2) is 34.7 Å². The zero-order valence-electron chi connectivity index (χ0n) is 19.3. The van der Waals surface area contributed by atoms with Crippen molar-refractivity contribution >= 4 is 36.2 Å². The van der Waals surface area contributed by atoms with Gasteiger partial charge in [-0.2, -0.15) is 18.3 Å². The lowest BCUT2D eigenvalue weighted by Crippen LogP contribution is -2.48. The minimum Gasteiger partial charge on any atom is -0.506 e. The lowest BCUT2D eigenvalue weighted by molar-refractivity contribution is -0.137. The van der Waals surface area contributed by atoms with E-state index in [1.165, 1.54) is 0 Å². The molecule has 13 heteroatoms. The van der Waals surface area contributed by atoms with Gasteiger partial charge in [0, 0.05) is 45.6 Å². The molecule has 3 N–H and O–H groups in total. The Kier molecular flexibility index (Phi) is 9.62. The number of allylic oxidation sites excluding steroid dienone is 1. The van der Waals surface area contributed by atoms with Crippen LogP contribution in [0.2, 0.25) is 0 Å². The summed E-state index contributed by atoms with van der Waals surface area (Å²) in [6.45, 7) is 7.43. The number of anilines is 1. The number of hydrogen-bond donors (Lipinski definition) is 3. The zero-order chi connectivity index (χ0) is 25.5. The predicted octanol–water partition coefficient (Wildman–Crippen LogP) is 2.53. The average molecular weight is 503 g/mol. The maximum absolute atomic E-state index is 13.4. The SMILES string of the molecule is C=NN(CC(=O)Nc1ccc(C(F)(F)F)cc1O)C(=O)/C(=C(/CC)NC)N1CCN(SC)CC1. The van der Waals surface area contributed by atoms with Crippen LogP contribution in [0.3, 0.4) is 0 Å². The van der Waals surface area contributed by atoms with E-state index in [-0.39, 0.29) is 5.69 Å². The number of nitrogens with zero attached hydrogens (tertiary/aromatic N) is 4. The lowest BCUT2D eigenvalue weighted by Gasteiger charge is -2.37. The van der Waals surface area contributed by atoms with Gasteiger partial charge in [-0.05, 0) is 30.9 Å². The highest BCUT2D eigenvalue weighted by Crippen LogP contribution is 2.34. The fourth-order valence-corrected chi connectivity index (χ4v) is 3.99. The molecule has 1 heterocycles. The van der Waals surface area contributed by atoms with Crippen LogP contribution in [-0.4, -0.2) is 83.9 Å². The van der Waals surface area contributed by atoms with Gasteiger partial charge >= 0.3 is 6.18 Å². The summed E-state index contributed by atoms with van der Waals surface area (Å²) in [5, 5.41) is 19.8. The molecule has 188 valence electrons. The van der Waals surface area contributed by atoms with Crippen molar-refractivity contribution in [3.63, 3.8) is 0 Å². The van der Waals surface area contributed by atoms with Gasteiger partial charge in [-0.15, -0.1) is 0 Å². The molecule has 0 saturated carbocycles. The normalized spacial score (nSPS) is 15.4. The molecule has 1 aliphatic rings. The van der Waals surface area contributed by atoms with Gasteiger partial charge in [0.05, 0.1) is 11.3 Å². The van der Waals surface area contributed by atoms with E-state index < -0.39 is 35.8 Å². The number of nitrogens with one attached hydrogen (secondary N) is 2. The first-order valence-corrected chi connectivity index (χ1v) is 11.7. The maximum atomic E-state index is 13.4. The first-order valence-electron chi connectivity index (χ1n) is 10.5. The molecule has 0 bridgehead atoms. The van der Waals surface area contributed by atoms with Crippen molar-refractivity contribution in [3.05, 3.63) is 35.2 Å². The first kappa shape index (κ1) is 27.3.